The van der Waals surface area contributed by atoms with Gasteiger partial charge in [-0.2, -0.15) is 13.2 Å². The molecule has 6 nitrogen and oxygen atoms in total. The molecule has 2 amide bonds. The van der Waals surface area contributed by atoms with Crippen molar-refractivity contribution >= 4 is 17.6 Å². The number of aromatic nitrogens is 1. The third-order valence-corrected chi connectivity index (χ3v) is 3.70. The van der Waals surface area contributed by atoms with Gasteiger partial charge >= 0.3 is 6.18 Å². The topological polar surface area (TPSA) is 91.3 Å². The Hall–Kier alpha value is -3.10. The number of halogens is 3. The van der Waals surface area contributed by atoms with Gasteiger partial charge in [0.25, 0.3) is 5.91 Å². The number of hydrogen-bond donors (Lipinski definition) is 3. The van der Waals surface area contributed by atoms with Gasteiger partial charge in [-0.1, -0.05) is 0 Å². The van der Waals surface area contributed by atoms with E-state index in [2.05, 4.69) is 15.6 Å². The van der Waals surface area contributed by atoms with Gasteiger partial charge in [-0.25, -0.2) is 4.98 Å². The van der Waals surface area contributed by atoms with E-state index in [0.29, 0.717) is 23.1 Å². The van der Waals surface area contributed by atoms with Gasteiger partial charge in [0.1, 0.15) is 11.6 Å². The Morgan fingerprint density at radius 3 is 2.41 bits per heavy atom. The van der Waals surface area contributed by atoms with Crippen molar-refractivity contribution in [1.82, 2.24) is 10.3 Å². The van der Waals surface area contributed by atoms with Gasteiger partial charge in [0, 0.05) is 12.6 Å². The molecule has 0 aliphatic rings. The number of aromatic hydroxyl groups is 1. The zero-order valence-electron chi connectivity index (χ0n) is 14.8. The predicted molar refractivity (Wildman–Crippen MR) is 92.3 cm³/mol. The number of benzene rings is 1. The second kappa shape index (κ2) is 7.65. The monoisotopic (exact) mass is 381 g/mol. The Balaban J connectivity index is 2.21. The molecule has 0 fully saturated rings. The fourth-order valence-corrected chi connectivity index (χ4v) is 2.45. The molecule has 1 atom stereocenters. The molecule has 2 rings (SSSR count). The Bertz CT molecular complexity index is 882. The zero-order chi connectivity index (χ0) is 20.4. The maximum absolute atomic E-state index is 12.7. The van der Waals surface area contributed by atoms with E-state index in [4.69, 9.17) is 0 Å². The Labute approximate surface area is 153 Å². The van der Waals surface area contributed by atoms with Gasteiger partial charge in [0.05, 0.1) is 17.2 Å². The number of alkyl halides is 3. The van der Waals surface area contributed by atoms with Crippen LogP contribution in [0.4, 0.5) is 19.0 Å². The number of aryl methyl sites for hydroxylation is 1. The van der Waals surface area contributed by atoms with E-state index in [9.17, 15) is 27.9 Å². The van der Waals surface area contributed by atoms with E-state index < -0.39 is 29.4 Å². The maximum atomic E-state index is 12.7. The molecule has 0 saturated heterocycles. The number of carbonyl (C=O) groups excluding carboxylic acids is 2. The van der Waals surface area contributed by atoms with Crippen molar-refractivity contribution in [2.45, 2.75) is 33.0 Å². The lowest BCUT2D eigenvalue weighted by Gasteiger charge is -2.17. The van der Waals surface area contributed by atoms with Gasteiger partial charge in [-0.3, -0.25) is 9.59 Å². The first-order chi connectivity index (χ1) is 12.5. The first-order valence-corrected chi connectivity index (χ1v) is 7.94. The summed E-state index contributed by atoms with van der Waals surface area (Å²) >= 11 is 0. The lowest BCUT2D eigenvalue weighted by atomic mass is 10.1. The molecule has 1 aromatic heterocycles. The van der Waals surface area contributed by atoms with Gasteiger partial charge in [0.2, 0.25) is 5.91 Å². The number of amides is 2. The van der Waals surface area contributed by atoms with Crippen LogP contribution in [0, 0.1) is 6.92 Å². The average molecular weight is 381 g/mol. The molecule has 0 bridgehead atoms. The molecular formula is C18H18F3N3O3. The number of carbonyl (C=O) groups is 2. The average Bonchev–Trinajstić information content (AvgIpc) is 2.52. The highest BCUT2D eigenvalue weighted by atomic mass is 19.4. The van der Waals surface area contributed by atoms with E-state index >= 15 is 0 Å². The van der Waals surface area contributed by atoms with Crippen LogP contribution in [0.15, 0.2) is 30.3 Å². The predicted octanol–water partition coefficient (Wildman–Crippen LogP) is 3.56. The molecule has 1 aromatic carbocycles. The summed E-state index contributed by atoms with van der Waals surface area (Å²) in [6.45, 7) is 4.71. The van der Waals surface area contributed by atoms with Crippen molar-refractivity contribution in [3.63, 3.8) is 0 Å². The quantitative estimate of drug-likeness (QED) is 0.755. The van der Waals surface area contributed by atoms with E-state index in [1.807, 2.05) is 0 Å². The minimum absolute atomic E-state index is 0.275. The molecule has 3 N–H and O–H groups in total. The van der Waals surface area contributed by atoms with Gasteiger partial charge in [-0.05, 0) is 49.7 Å². The first-order valence-electron chi connectivity index (χ1n) is 7.94. The summed E-state index contributed by atoms with van der Waals surface area (Å²) in [6.07, 6.45) is -4.62. The molecule has 2 aromatic rings. The summed E-state index contributed by atoms with van der Waals surface area (Å²) in [5.74, 6) is -1.48. The van der Waals surface area contributed by atoms with Crippen LogP contribution >= 0.6 is 0 Å². The Morgan fingerprint density at radius 1 is 1.19 bits per heavy atom. The van der Waals surface area contributed by atoms with Crippen molar-refractivity contribution in [3.05, 3.63) is 52.7 Å². The molecule has 0 radical (unpaired) electrons. The number of nitrogens with one attached hydrogen (secondary N) is 2. The molecule has 0 spiro atoms. The molecule has 27 heavy (non-hydrogen) atoms. The van der Waals surface area contributed by atoms with Crippen LogP contribution in [0.3, 0.4) is 0 Å². The van der Waals surface area contributed by atoms with E-state index in [0.717, 1.165) is 12.1 Å². The number of pyridine rings is 1. The zero-order valence-corrected chi connectivity index (χ0v) is 14.8. The highest BCUT2D eigenvalue weighted by Crippen LogP contribution is 2.32. The highest BCUT2D eigenvalue weighted by Gasteiger charge is 2.31. The van der Waals surface area contributed by atoms with Crippen LogP contribution in [-0.2, 0) is 11.0 Å². The van der Waals surface area contributed by atoms with E-state index in [1.165, 1.54) is 6.92 Å². The van der Waals surface area contributed by atoms with Crippen LogP contribution in [0.2, 0.25) is 0 Å². The van der Waals surface area contributed by atoms with Crippen LogP contribution in [0.5, 0.6) is 5.75 Å². The van der Waals surface area contributed by atoms with E-state index in [-0.39, 0.29) is 11.5 Å². The smallest absolute Gasteiger partial charge is 0.416 e. The highest BCUT2D eigenvalue weighted by molar-refractivity contribution is 5.97. The SMILES string of the molecule is CC(=O)Nc1cc(C(C)NC(=O)c2ccc(C(F)(F)F)cc2O)cc(C)n1. The van der Waals surface area contributed by atoms with Crippen molar-refractivity contribution in [2.24, 2.45) is 0 Å². The van der Waals surface area contributed by atoms with Crippen LogP contribution in [0.1, 0.15) is 47.1 Å². The lowest BCUT2D eigenvalue weighted by molar-refractivity contribution is -0.137. The van der Waals surface area contributed by atoms with Gasteiger partial charge < -0.3 is 15.7 Å². The minimum Gasteiger partial charge on any atom is -0.507 e. The first kappa shape index (κ1) is 20.2. The lowest BCUT2D eigenvalue weighted by Crippen LogP contribution is -2.27. The van der Waals surface area contributed by atoms with Crippen molar-refractivity contribution in [2.75, 3.05) is 5.32 Å². The summed E-state index contributed by atoms with van der Waals surface area (Å²) in [5.41, 5.74) is -0.0854. The van der Waals surface area contributed by atoms with Crippen LogP contribution < -0.4 is 10.6 Å². The molecule has 1 heterocycles. The number of rotatable bonds is 4. The summed E-state index contributed by atoms with van der Waals surface area (Å²) in [6, 6.07) is 4.87. The molecule has 1 unspecified atom stereocenters. The minimum atomic E-state index is -4.62. The Kier molecular flexibility index (Phi) is 5.72. The van der Waals surface area contributed by atoms with Crippen LogP contribution in [-0.4, -0.2) is 21.9 Å². The fraction of sp³-hybridized carbons (Fsp3) is 0.278. The van der Waals surface area contributed by atoms with Crippen molar-refractivity contribution in [1.29, 1.82) is 0 Å². The summed E-state index contributed by atoms with van der Waals surface area (Å²) < 4.78 is 38.0. The maximum Gasteiger partial charge on any atom is 0.416 e. The standard InChI is InChI=1S/C18H18F3N3O3/c1-9-6-12(7-16(22-9)24-11(3)25)10(2)23-17(27)14-5-4-13(8-15(14)26)18(19,20)21/h4-8,10,26H,1-3H3,(H,23,27)(H,22,24,25). The number of nitrogens with zero attached hydrogens (tertiary/aromatic N) is 1. The van der Waals surface area contributed by atoms with Gasteiger partial charge in [0.15, 0.2) is 0 Å². The molecule has 9 heteroatoms. The number of phenolic OH excluding ortho intramolecular Hbond substituents is 1. The third-order valence-electron chi connectivity index (χ3n) is 3.70. The molecule has 0 aliphatic carbocycles. The summed E-state index contributed by atoms with van der Waals surface area (Å²) in [5, 5.41) is 14.9. The second-order valence-corrected chi connectivity index (χ2v) is 6.03. The molecule has 144 valence electrons. The normalized spacial score (nSPS) is 12.4. The number of hydrogen-bond acceptors (Lipinski definition) is 4. The summed E-state index contributed by atoms with van der Waals surface area (Å²) in [4.78, 5) is 27.6. The molecule has 0 aliphatic heterocycles. The van der Waals surface area contributed by atoms with Crippen LogP contribution in [0.25, 0.3) is 0 Å². The summed E-state index contributed by atoms with van der Waals surface area (Å²) in [7, 11) is 0. The van der Waals surface area contributed by atoms with Gasteiger partial charge in [-0.15, -0.1) is 0 Å². The molecular weight excluding hydrogens is 363 g/mol. The third kappa shape index (κ3) is 5.19. The number of phenols is 1. The Morgan fingerprint density at radius 2 is 1.85 bits per heavy atom. The largest absolute Gasteiger partial charge is 0.507 e. The number of anilines is 1. The van der Waals surface area contributed by atoms with E-state index in [1.54, 1.807) is 26.0 Å². The molecule has 0 saturated carbocycles. The fourth-order valence-electron chi connectivity index (χ4n) is 2.45. The van der Waals surface area contributed by atoms with Crippen molar-refractivity contribution < 1.29 is 27.9 Å². The van der Waals surface area contributed by atoms with Crippen molar-refractivity contribution in [3.8, 4) is 5.75 Å². The second-order valence-electron chi connectivity index (χ2n) is 6.03.